The van der Waals surface area contributed by atoms with Crippen LogP contribution in [-0.4, -0.2) is 34.5 Å². The van der Waals surface area contributed by atoms with E-state index in [0.717, 1.165) is 16.8 Å². The Labute approximate surface area is 184 Å². The van der Waals surface area contributed by atoms with Crippen LogP contribution < -0.4 is 26.0 Å². The first-order chi connectivity index (χ1) is 15.2. The standard InChI is InChI=1S/C20H17ClF2N4O5/c1-10(28)24-15-8-12(5-7-14(15)22)27-20(30)26(19(29)18(25-27)32-3)9-11-4-6-13(21)17(31-2)16(11)23/h4-8H,9H2,1-3H3,(H,24,28). The second kappa shape index (κ2) is 9.18. The van der Waals surface area contributed by atoms with Gasteiger partial charge in [-0.2, -0.15) is 4.68 Å². The van der Waals surface area contributed by atoms with E-state index in [-0.39, 0.29) is 27.7 Å². The molecule has 3 aromatic rings. The Morgan fingerprint density at radius 1 is 1.16 bits per heavy atom. The molecule has 0 saturated heterocycles. The van der Waals surface area contributed by atoms with E-state index in [4.69, 9.17) is 21.1 Å². The Morgan fingerprint density at radius 3 is 2.50 bits per heavy atom. The van der Waals surface area contributed by atoms with Gasteiger partial charge in [-0.05, 0) is 24.3 Å². The third-order valence-electron chi connectivity index (χ3n) is 4.39. The monoisotopic (exact) mass is 466 g/mol. The topological polar surface area (TPSA) is 104 Å². The summed E-state index contributed by atoms with van der Waals surface area (Å²) in [4.78, 5) is 37.0. The maximum Gasteiger partial charge on any atom is 0.352 e. The maximum absolute atomic E-state index is 14.7. The first-order valence-corrected chi connectivity index (χ1v) is 9.42. The van der Waals surface area contributed by atoms with Gasteiger partial charge in [-0.3, -0.25) is 9.59 Å². The molecule has 3 rings (SSSR count). The van der Waals surface area contributed by atoms with Crippen molar-refractivity contribution < 1.29 is 23.0 Å². The molecule has 0 radical (unpaired) electrons. The fourth-order valence-corrected chi connectivity index (χ4v) is 3.14. The van der Waals surface area contributed by atoms with E-state index in [9.17, 15) is 23.2 Å². The SMILES string of the molecule is COc1c(Cl)ccc(Cn2c(=O)c(OC)nn(-c3ccc(F)c(NC(C)=O)c3)c2=O)c1F. The van der Waals surface area contributed by atoms with Gasteiger partial charge in [0.05, 0.1) is 37.2 Å². The Morgan fingerprint density at radius 2 is 1.88 bits per heavy atom. The van der Waals surface area contributed by atoms with E-state index in [1.165, 1.54) is 39.3 Å². The molecule has 1 heterocycles. The van der Waals surface area contributed by atoms with Crippen LogP contribution in [0.1, 0.15) is 12.5 Å². The largest absolute Gasteiger partial charge is 0.492 e. The summed E-state index contributed by atoms with van der Waals surface area (Å²) >= 11 is 5.89. The van der Waals surface area contributed by atoms with Crippen LogP contribution in [0, 0.1) is 11.6 Å². The van der Waals surface area contributed by atoms with Gasteiger partial charge in [0.1, 0.15) is 5.82 Å². The molecule has 0 unspecified atom stereocenters. The molecule has 0 atom stereocenters. The van der Waals surface area contributed by atoms with Crippen LogP contribution in [0.25, 0.3) is 5.69 Å². The summed E-state index contributed by atoms with van der Waals surface area (Å²) in [5.41, 5.74) is -2.09. The van der Waals surface area contributed by atoms with Crippen molar-refractivity contribution in [1.82, 2.24) is 14.3 Å². The predicted octanol–water partition coefficient (Wildman–Crippen LogP) is 2.35. The van der Waals surface area contributed by atoms with E-state index >= 15 is 0 Å². The number of anilines is 1. The number of nitrogens with one attached hydrogen (secondary N) is 1. The van der Waals surface area contributed by atoms with Crippen LogP contribution in [0.2, 0.25) is 5.02 Å². The highest BCUT2D eigenvalue weighted by Crippen LogP contribution is 2.29. The maximum atomic E-state index is 14.7. The van der Waals surface area contributed by atoms with Crippen LogP contribution in [0.3, 0.4) is 0 Å². The van der Waals surface area contributed by atoms with Gasteiger partial charge in [-0.15, -0.1) is 5.10 Å². The second-order valence-electron chi connectivity index (χ2n) is 6.49. The molecule has 2 aromatic carbocycles. The molecule has 0 aliphatic carbocycles. The highest BCUT2D eigenvalue weighted by molar-refractivity contribution is 6.32. The average Bonchev–Trinajstić information content (AvgIpc) is 2.74. The van der Waals surface area contributed by atoms with Crippen molar-refractivity contribution in [3.8, 4) is 17.3 Å². The van der Waals surface area contributed by atoms with Crippen LogP contribution in [0.4, 0.5) is 14.5 Å². The van der Waals surface area contributed by atoms with Gasteiger partial charge < -0.3 is 14.8 Å². The van der Waals surface area contributed by atoms with Crippen molar-refractivity contribution in [2.75, 3.05) is 19.5 Å². The van der Waals surface area contributed by atoms with E-state index in [0.29, 0.717) is 4.57 Å². The van der Waals surface area contributed by atoms with Crippen LogP contribution in [0.15, 0.2) is 39.9 Å². The lowest BCUT2D eigenvalue weighted by molar-refractivity contribution is -0.114. The number of carbonyl (C=O) groups is 1. The molecule has 1 amide bonds. The highest BCUT2D eigenvalue weighted by Gasteiger charge is 2.20. The number of ether oxygens (including phenoxy) is 2. The molecule has 0 aliphatic rings. The number of rotatable bonds is 6. The predicted molar refractivity (Wildman–Crippen MR) is 112 cm³/mol. The summed E-state index contributed by atoms with van der Waals surface area (Å²) in [5, 5.41) is 6.16. The van der Waals surface area contributed by atoms with Crippen molar-refractivity contribution in [3.63, 3.8) is 0 Å². The third kappa shape index (κ3) is 4.33. The van der Waals surface area contributed by atoms with Crippen molar-refractivity contribution in [2.45, 2.75) is 13.5 Å². The zero-order valence-electron chi connectivity index (χ0n) is 17.1. The lowest BCUT2D eigenvalue weighted by atomic mass is 10.2. The number of halogens is 3. The first kappa shape index (κ1) is 22.9. The van der Waals surface area contributed by atoms with Crippen LogP contribution in [-0.2, 0) is 11.3 Å². The molecule has 0 saturated carbocycles. The number of hydrogen-bond donors (Lipinski definition) is 1. The summed E-state index contributed by atoms with van der Waals surface area (Å²) in [6.07, 6.45) is 0. The summed E-state index contributed by atoms with van der Waals surface area (Å²) in [7, 11) is 2.39. The number of benzene rings is 2. The smallest absolute Gasteiger partial charge is 0.352 e. The Kier molecular flexibility index (Phi) is 6.58. The molecular weight excluding hydrogens is 450 g/mol. The van der Waals surface area contributed by atoms with E-state index in [1.807, 2.05) is 0 Å². The highest BCUT2D eigenvalue weighted by atomic mass is 35.5. The average molecular weight is 467 g/mol. The molecule has 0 fully saturated rings. The fourth-order valence-electron chi connectivity index (χ4n) is 2.91. The summed E-state index contributed by atoms with van der Waals surface area (Å²) in [5.74, 6) is -2.82. The van der Waals surface area contributed by atoms with E-state index in [1.54, 1.807) is 0 Å². The molecule has 9 nitrogen and oxygen atoms in total. The number of nitrogens with zero attached hydrogens (tertiary/aromatic N) is 3. The lowest BCUT2D eigenvalue weighted by Crippen LogP contribution is -2.41. The Bertz CT molecular complexity index is 1320. The molecule has 0 spiro atoms. The zero-order valence-corrected chi connectivity index (χ0v) is 17.9. The van der Waals surface area contributed by atoms with Gasteiger partial charge in [-0.25, -0.2) is 18.1 Å². The van der Waals surface area contributed by atoms with Crippen molar-refractivity contribution >= 4 is 23.2 Å². The Balaban J connectivity index is 2.19. The van der Waals surface area contributed by atoms with E-state index in [2.05, 4.69) is 10.4 Å². The molecule has 12 heteroatoms. The first-order valence-electron chi connectivity index (χ1n) is 9.04. The van der Waals surface area contributed by atoms with Crippen LogP contribution >= 0.6 is 11.6 Å². The van der Waals surface area contributed by atoms with E-state index < -0.39 is 41.2 Å². The summed E-state index contributed by atoms with van der Waals surface area (Å²) < 4.78 is 40.1. The zero-order chi connectivity index (χ0) is 23.6. The van der Waals surface area contributed by atoms with Gasteiger partial charge in [0.25, 0.3) is 5.88 Å². The summed E-state index contributed by atoms with van der Waals surface area (Å²) in [6.45, 7) is 0.699. The van der Waals surface area contributed by atoms with Crippen molar-refractivity contribution in [2.24, 2.45) is 0 Å². The minimum absolute atomic E-state index is 0.0163. The van der Waals surface area contributed by atoms with Crippen molar-refractivity contribution in [3.05, 3.63) is 73.4 Å². The molecule has 1 aromatic heterocycles. The number of methoxy groups -OCH3 is 2. The van der Waals surface area contributed by atoms with Gasteiger partial charge in [0, 0.05) is 12.5 Å². The molecule has 32 heavy (non-hydrogen) atoms. The summed E-state index contributed by atoms with van der Waals surface area (Å²) in [6, 6.07) is 6.05. The molecular formula is C20H17ClF2N4O5. The van der Waals surface area contributed by atoms with Gasteiger partial charge in [0.15, 0.2) is 11.6 Å². The number of amides is 1. The second-order valence-corrected chi connectivity index (χ2v) is 6.90. The van der Waals surface area contributed by atoms with Crippen molar-refractivity contribution in [1.29, 1.82) is 0 Å². The molecule has 0 aliphatic heterocycles. The molecule has 1 N–H and O–H groups in total. The third-order valence-corrected chi connectivity index (χ3v) is 4.69. The number of aromatic nitrogens is 3. The Hall–Kier alpha value is -3.73. The lowest BCUT2D eigenvalue weighted by Gasteiger charge is -2.14. The quantitative estimate of drug-likeness (QED) is 0.598. The van der Waals surface area contributed by atoms with Gasteiger partial charge in [-0.1, -0.05) is 17.7 Å². The fraction of sp³-hybridized carbons (Fsp3) is 0.200. The van der Waals surface area contributed by atoms with Crippen LogP contribution in [0.5, 0.6) is 11.6 Å². The minimum Gasteiger partial charge on any atom is -0.492 e. The number of hydrogen-bond acceptors (Lipinski definition) is 6. The molecule has 0 bridgehead atoms. The van der Waals surface area contributed by atoms with Gasteiger partial charge in [0.2, 0.25) is 5.91 Å². The normalized spacial score (nSPS) is 10.7. The number of carbonyl (C=O) groups excluding carboxylic acids is 1. The minimum atomic E-state index is -0.954. The molecule has 168 valence electrons. The van der Waals surface area contributed by atoms with Gasteiger partial charge >= 0.3 is 11.2 Å².